The zero-order valence-corrected chi connectivity index (χ0v) is 18.1. The number of anilines is 2. The van der Waals surface area contributed by atoms with E-state index >= 15 is 0 Å². The second kappa shape index (κ2) is 8.93. The molecule has 1 aliphatic rings. The number of nitrogens with zero attached hydrogens (tertiary/aromatic N) is 4. The maximum absolute atomic E-state index is 13.2. The molecule has 0 aliphatic carbocycles. The fourth-order valence-corrected chi connectivity index (χ4v) is 3.60. The number of benzene rings is 1. The molecule has 0 saturated carbocycles. The van der Waals surface area contributed by atoms with Crippen LogP contribution in [0.4, 0.5) is 17.2 Å². The highest BCUT2D eigenvalue weighted by Gasteiger charge is 2.27. The molecule has 2 aromatic heterocycles. The number of nitro groups is 1. The molecule has 1 aliphatic heterocycles. The normalized spacial score (nSPS) is 15.5. The van der Waals surface area contributed by atoms with Crippen molar-refractivity contribution in [2.75, 3.05) is 18.5 Å². The Labute approximate surface area is 188 Å². The number of pyridine rings is 1. The monoisotopic (exact) mass is 457 g/mol. The second-order valence-electron chi connectivity index (χ2n) is 7.27. The van der Waals surface area contributed by atoms with Crippen molar-refractivity contribution >= 4 is 34.6 Å². The van der Waals surface area contributed by atoms with Crippen LogP contribution >= 0.6 is 11.6 Å². The summed E-state index contributed by atoms with van der Waals surface area (Å²) < 4.78 is 12.6. The molecular formula is C21H20ClN5O5. The molecule has 0 radical (unpaired) electrons. The number of rotatable bonds is 7. The molecule has 1 N–H and O–H groups in total. The highest BCUT2D eigenvalue weighted by molar-refractivity contribution is 6.35. The van der Waals surface area contributed by atoms with Crippen molar-refractivity contribution in [3.8, 4) is 5.88 Å². The van der Waals surface area contributed by atoms with Gasteiger partial charge in [-0.25, -0.2) is 4.98 Å². The number of nitrogens with one attached hydrogen (secondary N) is 1. The van der Waals surface area contributed by atoms with Gasteiger partial charge in [-0.1, -0.05) is 23.7 Å². The molecule has 1 unspecified atom stereocenters. The summed E-state index contributed by atoms with van der Waals surface area (Å²) in [6, 6.07) is 8.15. The van der Waals surface area contributed by atoms with Crippen molar-refractivity contribution in [1.29, 1.82) is 0 Å². The Balaban J connectivity index is 1.77. The van der Waals surface area contributed by atoms with Gasteiger partial charge in [-0.05, 0) is 19.1 Å². The topological polar surface area (TPSA) is 121 Å². The smallest absolute Gasteiger partial charge is 0.333 e. The lowest BCUT2D eigenvalue weighted by Gasteiger charge is -2.15. The molecule has 0 amide bonds. The maximum Gasteiger partial charge on any atom is 0.333 e. The van der Waals surface area contributed by atoms with Crippen molar-refractivity contribution in [3.05, 3.63) is 68.5 Å². The molecule has 3 heterocycles. The summed E-state index contributed by atoms with van der Waals surface area (Å²) in [7, 11) is 1.60. The number of aryl methyl sites for hydroxylation is 1. The number of aromatic nitrogens is 3. The van der Waals surface area contributed by atoms with Crippen LogP contribution in [0.3, 0.4) is 0 Å². The Hall–Kier alpha value is -3.50. The highest BCUT2D eigenvalue weighted by atomic mass is 35.5. The minimum atomic E-state index is -0.519. The van der Waals surface area contributed by atoms with Crippen LogP contribution in [-0.2, 0) is 11.8 Å². The van der Waals surface area contributed by atoms with Crippen molar-refractivity contribution < 1.29 is 19.2 Å². The van der Waals surface area contributed by atoms with Gasteiger partial charge in [0, 0.05) is 31.3 Å². The van der Waals surface area contributed by atoms with Gasteiger partial charge in [-0.3, -0.25) is 19.6 Å². The molecule has 32 heavy (non-hydrogen) atoms. The van der Waals surface area contributed by atoms with Crippen LogP contribution in [-0.4, -0.2) is 44.8 Å². The fourth-order valence-electron chi connectivity index (χ4n) is 3.38. The highest BCUT2D eigenvalue weighted by Crippen LogP contribution is 2.33. The Morgan fingerprint density at radius 2 is 2.16 bits per heavy atom. The van der Waals surface area contributed by atoms with Gasteiger partial charge < -0.3 is 14.8 Å². The van der Waals surface area contributed by atoms with Crippen LogP contribution in [0, 0.1) is 17.0 Å². The summed E-state index contributed by atoms with van der Waals surface area (Å²) in [6.45, 7) is 2.63. The first-order valence-electron chi connectivity index (χ1n) is 9.84. The fraction of sp³-hybridized carbons (Fsp3) is 0.286. The van der Waals surface area contributed by atoms with E-state index in [1.807, 2.05) is 0 Å². The number of carbonyl (C=O) groups excluding carboxylic acids is 1. The van der Waals surface area contributed by atoms with Crippen LogP contribution in [0.25, 0.3) is 0 Å². The Morgan fingerprint density at radius 1 is 1.38 bits per heavy atom. The van der Waals surface area contributed by atoms with Gasteiger partial charge in [0.1, 0.15) is 11.8 Å². The van der Waals surface area contributed by atoms with Crippen LogP contribution in [0.1, 0.15) is 28.0 Å². The lowest BCUT2D eigenvalue weighted by Crippen LogP contribution is -2.17. The minimum Gasteiger partial charge on any atom is -0.472 e. The van der Waals surface area contributed by atoms with Gasteiger partial charge in [0.15, 0.2) is 5.78 Å². The second-order valence-corrected chi connectivity index (χ2v) is 7.68. The van der Waals surface area contributed by atoms with Crippen LogP contribution < -0.4 is 10.1 Å². The van der Waals surface area contributed by atoms with Gasteiger partial charge >= 0.3 is 5.69 Å². The van der Waals surface area contributed by atoms with E-state index in [0.29, 0.717) is 18.9 Å². The molecular weight excluding hydrogens is 438 g/mol. The quantitative estimate of drug-likeness (QED) is 0.323. The molecule has 1 atom stereocenters. The molecule has 4 rings (SSSR count). The number of hydrogen-bond acceptors (Lipinski definition) is 8. The van der Waals surface area contributed by atoms with E-state index in [0.717, 1.165) is 6.42 Å². The van der Waals surface area contributed by atoms with Gasteiger partial charge in [-0.15, -0.1) is 5.10 Å². The molecule has 1 aromatic carbocycles. The average molecular weight is 458 g/mol. The summed E-state index contributed by atoms with van der Waals surface area (Å²) in [5.41, 5.74) is 0.895. The number of halogens is 1. The third kappa shape index (κ3) is 4.27. The van der Waals surface area contributed by atoms with E-state index in [9.17, 15) is 14.9 Å². The van der Waals surface area contributed by atoms with E-state index in [2.05, 4.69) is 15.4 Å². The van der Waals surface area contributed by atoms with Crippen LogP contribution in [0.2, 0.25) is 5.02 Å². The van der Waals surface area contributed by atoms with Crippen molar-refractivity contribution in [3.63, 3.8) is 0 Å². The predicted octanol–water partition coefficient (Wildman–Crippen LogP) is 3.83. The standard InChI is InChI=1S/C21H20ClN5O5/c1-12-19(27(29)30)21(25-26(12)2)24-17-9-18(32-13-7-8-31-11-13)23-10-15(17)20(28)14-5-3-4-6-16(14)22/h3-6,9-10,13H,7-8,11H2,1-2H3,(H,23,24,25). The van der Waals surface area contributed by atoms with Crippen molar-refractivity contribution in [2.45, 2.75) is 19.4 Å². The summed E-state index contributed by atoms with van der Waals surface area (Å²) >= 11 is 6.21. The first-order chi connectivity index (χ1) is 15.3. The molecule has 166 valence electrons. The first-order valence-corrected chi connectivity index (χ1v) is 10.2. The number of ether oxygens (including phenoxy) is 2. The number of hydrogen-bond donors (Lipinski definition) is 1. The van der Waals surface area contributed by atoms with E-state index in [1.54, 1.807) is 38.2 Å². The van der Waals surface area contributed by atoms with Crippen LogP contribution in [0.15, 0.2) is 36.5 Å². The summed E-state index contributed by atoms with van der Waals surface area (Å²) in [5, 5.41) is 19.0. The van der Waals surface area contributed by atoms with E-state index in [1.165, 1.54) is 16.9 Å². The molecule has 0 bridgehead atoms. The Morgan fingerprint density at radius 3 is 2.84 bits per heavy atom. The zero-order valence-electron chi connectivity index (χ0n) is 17.4. The van der Waals surface area contributed by atoms with Crippen molar-refractivity contribution in [1.82, 2.24) is 14.8 Å². The van der Waals surface area contributed by atoms with Gasteiger partial charge in [0.25, 0.3) is 0 Å². The lowest BCUT2D eigenvalue weighted by molar-refractivity contribution is -0.384. The first kappa shape index (κ1) is 21.7. The molecule has 1 fully saturated rings. The third-order valence-corrected chi connectivity index (χ3v) is 5.48. The van der Waals surface area contributed by atoms with E-state index in [4.69, 9.17) is 21.1 Å². The van der Waals surface area contributed by atoms with Gasteiger partial charge in [-0.2, -0.15) is 0 Å². The molecule has 1 saturated heterocycles. The Bertz CT molecular complexity index is 1190. The lowest BCUT2D eigenvalue weighted by atomic mass is 10.0. The van der Waals surface area contributed by atoms with Crippen LogP contribution in [0.5, 0.6) is 5.88 Å². The molecule has 10 nitrogen and oxygen atoms in total. The van der Waals surface area contributed by atoms with Gasteiger partial charge in [0.2, 0.25) is 11.7 Å². The van der Waals surface area contributed by atoms with Gasteiger partial charge in [0.05, 0.1) is 34.4 Å². The largest absolute Gasteiger partial charge is 0.472 e. The third-order valence-electron chi connectivity index (χ3n) is 5.16. The number of carbonyl (C=O) groups is 1. The zero-order chi connectivity index (χ0) is 22.8. The molecule has 11 heteroatoms. The van der Waals surface area contributed by atoms with Crippen molar-refractivity contribution in [2.24, 2.45) is 7.05 Å². The average Bonchev–Trinajstić information content (AvgIpc) is 3.36. The summed E-state index contributed by atoms with van der Waals surface area (Å²) in [6.07, 6.45) is 1.92. The maximum atomic E-state index is 13.2. The number of ketones is 1. The van der Waals surface area contributed by atoms with E-state index in [-0.39, 0.29) is 45.3 Å². The summed E-state index contributed by atoms with van der Waals surface area (Å²) in [5.74, 6) is -0.129. The minimum absolute atomic E-state index is 0.00422. The van der Waals surface area contributed by atoms with E-state index < -0.39 is 10.7 Å². The Kier molecular flexibility index (Phi) is 6.06. The molecule has 3 aromatic rings. The summed E-state index contributed by atoms with van der Waals surface area (Å²) in [4.78, 5) is 28.6. The predicted molar refractivity (Wildman–Crippen MR) is 117 cm³/mol. The SMILES string of the molecule is Cc1c([N+](=O)[O-])c(Nc2cc(OC3CCOC3)ncc2C(=O)c2ccccc2Cl)nn1C. The molecule has 0 spiro atoms.